The van der Waals surface area contributed by atoms with Crippen molar-refractivity contribution in [1.82, 2.24) is 0 Å². The highest BCUT2D eigenvalue weighted by Gasteiger charge is 2.00. The average molecular weight is 146 g/mol. The lowest BCUT2D eigenvalue weighted by atomic mass is 12.0. The Labute approximate surface area is 46.8 Å². The van der Waals surface area contributed by atoms with Crippen molar-refractivity contribution in [1.29, 1.82) is 0 Å². The van der Waals surface area contributed by atoms with Gasteiger partial charge in [0.05, 0.1) is 0 Å². The van der Waals surface area contributed by atoms with Gasteiger partial charge >= 0.3 is 7.82 Å². The number of thiol groups is 1. The molecule has 0 aromatic heterocycles. The first-order valence-electron chi connectivity index (χ1n) is 1.23. The van der Waals surface area contributed by atoms with Crippen LogP contribution in [0.3, 0.4) is 0 Å². The molecule has 0 bridgehead atoms. The van der Waals surface area contributed by atoms with Crippen molar-refractivity contribution in [2.24, 2.45) is 0 Å². The van der Waals surface area contributed by atoms with E-state index in [2.05, 4.69) is 12.6 Å². The summed E-state index contributed by atoms with van der Waals surface area (Å²) >= 11 is 3.53. The van der Waals surface area contributed by atoms with E-state index in [1.165, 1.54) is 0 Å². The fourth-order valence-corrected chi connectivity index (χ4v) is 0. The molecule has 0 rings (SSSR count). The van der Waals surface area contributed by atoms with Gasteiger partial charge in [0.1, 0.15) is 0 Å². The van der Waals surface area contributed by atoms with E-state index in [1.54, 1.807) is 6.26 Å². The summed E-state index contributed by atoms with van der Waals surface area (Å²) in [6, 6.07) is 0. The second kappa shape index (κ2) is 4.61. The molecule has 0 atom stereocenters. The van der Waals surface area contributed by atoms with Gasteiger partial charge in [-0.3, -0.25) is 0 Å². The molecule has 6 heteroatoms. The van der Waals surface area contributed by atoms with Crippen LogP contribution < -0.4 is 0 Å². The zero-order valence-electron chi connectivity index (χ0n) is 3.64. The Morgan fingerprint density at radius 2 is 1.29 bits per heavy atom. The Bertz CT molecular complexity index is 57.8. The van der Waals surface area contributed by atoms with Gasteiger partial charge in [0.15, 0.2) is 0 Å². The highest BCUT2D eigenvalue weighted by molar-refractivity contribution is 7.79. The molecule has 0 aliphatic rings. The molecule has 0 unspecified atom stereocenters. The quantitative estimate of drug-likeness (QED) is 0.277. The lowest BCUT2D eigenvalue weighted by Crippen LogP contribution is -1.66. The van der Waals surface area contributed by atoms with Gasteiger partial charge in [0.25, 0.3) is 0 Å². The van der Waals surface area contributed by atoms with E-state index in [0.29, 0.717) is 0 Å². The molecule has 4 nitrogen and oxygen atoms in total. The van der Waals surface area contributed by atoms with Crippen LogP contribution in [-0.4, -0.2) is 20.9 Å². The molecule has 0 radical (unpaired) electrons. The van der Waals surface area contributed by atoms with Crippen LogP contribution >= 0.6 is 20.5 Å². The Kier molecular flexibility index (Phi) is 6.88. The number of rotatable bonds is 0. The van der Waals surface area contributed by atoms with Crippen molar-refractivity contribution in [2.45, 2.75) is 0 Å². The number of hydrogen-bond donors (Lipinski definition) is 4. The Morgan fingerprint density at radius 3 is 1.29 bits per heavy atom. The molecule has 0 aliphatic carbocycles. The van der Waals surface area contributed by atoms with Crippen LogP contribution in [0.5, 0.6) is 0 Å². The third-order valence-electron chi connectivity index (χ3n) is 0. The van der Waals surface area contributed by atoms with Crippen molar-refractivity contribution in [3.8, 4) is 0 Å². The zero-order valence-corrected chi connectivity index (χ0v) is 5.43. The lowest BCUT2D eigenvalue weighted by Gasteiger charge is -1.82. The van der Waals surface area contributed by atoms with Crippen LogP contribution in [0.1, 0.15) is 0 Å². The summed E-state index contributed by atoms with van der Waals surface area (Å²) in [6.07, 6.45) is 1.69. The van der Waals surface area contributed by atoms with Crippen LogP contribution in [0.15, 0.2) is 0 Å². The van der Waals surface area contributed by atoms with Crippen molar-refractivity contribution in [2.75, 3.05) is 6.26 Å². The normalized spacial score (nSPS) is 9.29. The largest absolute Gasteiger partial charge is 0.466 e. The van der Waals surface area contributed by atoms with Gasteiger partial charge in [-0.1, -0.05) is 0 Å². The second-order valence-electron chi connectivity index (χ2n) is 0.513. The Balaban J connectivity index is 0. The third kappa shape index (κ3) is 607. The van der Waals surface area contributed by atoms with E-state index >= 15 is 0 Å². The fraction of sp³-hybridized carbons (Fsp3) is 1.00. The van der Waals surface area contributed by atoms with E-state index in [-0.39, 0.29) is 0 Å². The molecule has 0 saturated heterocycles. The van der Waals surface area contributed by atoms with Gasteiger partial charge < -0.3 is 14.7 Å². The van der Waals surface area contributed by atoms with E-state index in [4.69, 9.17) is 19.2 Å². The average Bonchev–Trinajstić information content (AvgIpc) is 1.36. The molecule has 0 aromatic carbocycles. The molecule has 0 heterocycles. The first-order valence-corrected chi connectivity index (χ1v) is 3.69. The van der Waals surface area contributed by atoms with Gasteiger partial charge in [-0.2, -0.15) is 12.6 Å². The smallest absolute Gasteiger partial charge is 0.303 e. The summed E-state index contributed by atoms with van der Waals surface area (Å²) in [5.41, 5.74) is 0. The molecule has 0 aliphatic heterocycles. The van der Waals surface area contributed by atoms with Crippen molar-refractivity contribution in [3.63, 3.8) is 0 Å². The van der Waals surface area contributed by atoms with E-state index in [9.17, 15) is 0 Å². The molecule has 0 amide bonds. The maximum atomic E-state index is 8.88. The predicted molar refractivity (Wildman–Crippen MR) is 29.2 cm³/mol. The summed E-state index contributed by atoms with van der Waals surface area (Å²) in [6.45, 7) is 0. The highest BCUT2D eigenvalue weighted by Crippen LogP contribution is 2.25. The molecule has 0 aromatic rings. The van der Waals surface area contributed by atoms with E-state index in [0.717, 1.165) is 0 Å². The predicted octanol–water partition coefficient (Wildman–Crippen LogP) is -0.383. The van der Waals surface area contributed by atoms with Crippen LogP contribution in [0.4, 0.5) is 0 Å². The Hall–Kier alpha value is 0.460. The van der Waals surface area contributed by atoms with Gasteiger partial charge in [0, 0.05) is 0 Å². The molecule has 0 fully saturated rings. The molecule has 3 N–H and O–H groups in total. The monoisotopic (exact) mass is 146 g/mol. The van der Waals surface area contributed by atoms with Gasteiger partial charge in [-0.05, 0) is 6.26 Å². The Morgan fingerprint density at radius 1 is 1.29 bits per heavy atom. The van der Waals surface area contributed by atoms with Crippen LogP contribution in [0, 0.1) is 0 Å². The summed E-state index contributed by atoms with van der Waals surface area (Å²) < 4.78 is 8.88. The molecule has 46 valence electrons. The molecule has 0 spiro atoms. The summed E-state index contributed by atoms with van der Waals surface area (Å²) in [7, 11) is -4.64. The second-order valence-corrected chi connectivity index (χ2v) is 1.54. The van der Waals surface area contributed by atoms with E-state index < -0.39 is 7.82 Å². The minimum Gasteiger partial charge on any atom is -0.303 e. The maximum Gasteiger partial charge on any atom is 0.466 e. The minimum atomic E-state index is -4.64. The molecule has 7 heavy (non-hydrogen) atoms. The van der Waals surface area contributed by atoms with Crippen LogP contribution in [0.2, 0.25) is 0 Å². The SMILES string of the molecule is CS.O=P(O)(O)O. The number of hydrogen-bond acceptors (Lipinski definition) is 2. The first kappa shape index (κ1) is 10.4. The minimum absolute atomic E-state index is 1.69. The van der Waals surface area contributed by atoms with Crippen LogP contribution in [0.25, 0.3) is 0 Å². The van der Waals surface area contributed by atoms with Gasteiger partial charge in [-0.15, -0.1) is 0 Å². The molecular weight excluding hydrogens is 139 g/mol. The zero-order chi connectivity index (χ0) is 6.50. The number of phosphoric acid groups is 1. The maximum absolute atomic E-state index is 8.88. The van der Waals surface area contributed by atoms with Crippen molar-refractivity contribution in [3.05, 3.63) is 0 Å². The van der Waals surface area contributed by atoms with Gasteiger partial charge in [0.2, 0.25) is 0 Å². The van der Waals surface area contributed by atoms with E-state index in [1.807, 2.05) is 0 Å². The third-order valence-corrected chi connectivity index (χ3v) is 0. The van der Waals surface area contributed by atoms with Gasteiger partial charge in [-0.25, -0.2) is 4.57 Å². The summed E-state index contributed by atoms with van der Waals surface area (Å²) in [5, 5.41) is 0. The topological polar surface area (TPSA) is 77.8 Å². The summed E-state index contributed by atoms with van der Waals surface area (Å²) in [5.74, 6) is 0. The van der Waals surface area contributed by atoms with Crippen LogP contribution in [-0.2, 0) is 4.57 Å². The first-order chi connectivity index (χ1) is 3.00. The fourth-order valence-electron chi connectivity index (χ4n) is 0. The van der Waals surface area contributed by atoms with Crippen molar-refractivity contribution >= 4 is 20.5 Å². The molecule has 0 saturated carbocycles. The molecular formula is CH7O4PS. The van der Waals surface area contributed by atoms with Crippen molar-refractivity contribution < 1.29 is 19.2 Å². The lowest BCUT2D eigenvalue weighted by molar-refractivity contribution is 0.275. The highest BCUT2D eigenvalue weighted by atomic mass is 32.1. The standard InChI is InChI=1S/CH4S.H3O4P/c1-2;1-5(2,3)4/h2H,1H3;(H3,1,2,3,4). The summed E-state index contributed by atoms with van der Waals surface area (Å²) in [4.78, 5) is 21.6.